The number of fused-ring (bicyclic) bond motifs is 1. The summed E-state index contributed by atoms with van der Waals surface area (Å²) in [6.45, 7) is 8.90. The lowest BCUT2D eigenvalue weighted by Crippen LogP contribution is -2.62. The topological polar surface area (TPSA) is 58.5 Å². The highest BCUT2D eigenvalue weighted by Crippen LogP contribution is 2.51. The summed E-state index contributed by atoms with van der Waals surface area (Å²) < 4.78 is 5.87. The number of nitrogens with zero attached hydrogens (tertiary/aromatic N) is 3. The second-order valence-electron chi connectivity index (χ2n) is 7.08. The van der Waals surface area contributed by atoms with Gasteiger partial charge in [-0.2, -0.15) is 0 Å². The van der Waals surface area contributed by atoms with E-state index in [-0.39, 0.29) is 17.6 Å². The molecule has 0 amide bonds. The Morgan fingerprint density at radius 2 is 2.08 bits per heavy atom. The van der Waals surface area contributed by atoms with Crippen LogP contribution in [-0.2, 0) is 4.74 Å². The molecule has 4 rings (SSSR count). The Morgan fingerprint density at radius 3 is 2.75 bits per heavy atom. The van der Waals surface area contributed by atoms with Crippen LogP contribution in [0.15, 0.2) is 6.33 Å². The maximum Gasteiger partial charge on any atom is 0.141 e. The Hall–Kier alpha value is -1.24. The number of aliphatic hydroxyl groups is 1. The van der Waals surface area contributed by atoms with Gasteiger partial charge in [-0.1, -0.05) is 0 Å². The molecule has 2 aliphatic rings. The molecule has 24 heavy (non-hydrogen) atoms. The molecule has 2 fully saturated rings. The van der Waals surface area contributed by atoms with E-state index in [2.05, 4.69) is 28.7 Å². The lowest BCUT2D eigenvalue weighted by molar-refractivity contribution is -0.199. The Morgan fingerprint density at radius 1 is 1.33 bits per heavy atom. The third-order valence-electron chi connectivity index (χ3n) is 6.05. The molecule has 1 aliphatic heterocycles. The molecule has 0 radical (unpaired) electrons. The van der Waals surface area contributed by atoms with Crippen molar-refractivity contribution in [1.82, 2.24) is 9.97 Å². The summed E-state index contributed by atoms with van der Waals surface area (Å²) in [7, 11) is 0. The van der Waals surface area contributed by atoms with Crippen LogP contribution in [0.4, 0.5) is 5.82 Å². The minimum atomic E-state index is -0.216. The molecule has 0 aromatic carbocycles. The Bertz CT molecular complexity index is 750. The average molecular weight is 347 g/mol. The summed E-state index contributed by atoms with van der Waals surface area (Å²) in [4.78, 5) is 13.8. The van der Waals surface area contributed by atoms with Crippen molar-refractivity contribution in [2.45, 2.75) is 52.2 Å². The third-order valence-corrected chi connectivity index (χ3v) is 7.16. The van der Waals surface area contributed by atoms with Gasteiger partial charge in [-0.3, -0.25) is 0 Å². The molecule has 2 unspecified atom stereocenters. The molecule has 0 bridgehead atoms. The number of rotatable bonds is 3. The monoisotopic (exact) mass is 347 g/mol. The number of anilines is 1. The summed E-state index contributed by atoms with van der Waals surface area (Å²) in [5.74, 6) is 1.05. The van der Waals surface area contributed by atoms with Crippen molar-refractivity contribution in [3.63, 3.8) is 0 Å². The average Bonchev–Trinajstić information content (AvgIpc) is 2.89. The predicted octanol–water partition coefficient (Wildman–Crippen LogP) is 3.06. The zero-order chi connectivity index (χ0) is 16.9. The second-order valence-corrected chi connectivity index (χ2v) is 8.28. The van der Waals surface area contributed by atoms with Crippen molar-refractivity contribution < 1.29 is 9.84 Å². The smallest absolute Gasteiger partial charge is 0.141 e. The molecule has 2 aromatic rings. The molecule has 1 aliphatic carbocycles. The van der Waals surface area contributed by atoms with E-state index in [1.54, 1.807) is 17.7 Å². The van der Waals surface area contributed by atoms with E-state index < -0.39 is 0 Å². The second kappa shape index (κ2) is 5.93. The van der Waals surface area contributed by atoms with Gasteiger partial charge in [0.2, 0.25) is 0 Å². The molecule has 2 aromatic heterocycles. The maximum absolute atomic E-state index is 10.4. The minimum Gasteiger partial charge on any atom is -0.392 e. The Kier molecular flexibility index (Phi) is 4.01. The number of piperidine rings is 1. The van der Waals surface area contributed by atoms with Crippen molar-refractivity contribution in [2.24, 2.45) is 5.41 Å². The molecule has 3 heterocycles. The highest BCUT2D eigenvalue weighted by atomic mass is 32.1. The van der Waals surface area contributed by atoms with Gasteiger partial charge in [0.25, 0.3) is 0 Å². The zero-order valence-electron chi connectivity index (χ0n) is 14.6. The molecule has 2 atom stereocenters. The summed E-state index contributed by atoms with van der Waals surface area (Å²) in [5.41, 5.74) is 1.25. The van der Waals surface area contributed by atoms with Gasteiger partial charge in [0.05, 0.1) is 17.6 Å². The van der Waals surface area contributed by atoms with Gasteiger partial charge >= 0.3 is 0 Å². The first kappa shape index (κ1) is 16.2. The third kappa shape index (κ3) is 2.27. The van der Waals surface area contributed by atoms with Gasteiger partial charge in [0.15, 0.2) is 0 Å². The molecule has 1 N–H and O–H groups in total. The van der Waals surface area contributed by atoms with E-state index in [9.17, 15) is 5.11 Å². The molecule has 1 saturated heterocycles. The van der Waals surface area contributed by atoms with Gasteiger partial charge in [0.1, 0.15) is 17.0 Å². The van der Waals surface area contributed by atoms with E-state index in [0.29, 0.717) is 0 Å². The van der Waals surface area contributed by atoms with E-state index in [4.69, 9.17) is 4.74 Å². The first-order chi connectivity index (χ1) is 11.6. The molecular formula is C18H25N3O2S. The van der Waals surface area contributed by atoms with Crippen LogP contribution in [0.5, 0.6) is 0 Å². The van der Waals surface area contributed by atoms with Crippen molar-refractivity contribution in [3.8, 4) is 0 Å². The normalized spacial score (nSPS) is 26.1. The number of ether oxygens (including phenoxy) is 1. The number of aryl methyl sites for hydroxylation is 2. The van der Waals surface area contributed by atoms with Crippen LogP contribution in [0.1, 0.15) is 36.6 Å². The van der Waals surface area contributed by atoms with Gasteiger partial charge in [-0.25, -0.2) is 9.97 Å². The number of aliphatic hydroxyl groups excluding tert-OH is 1. The van der Waals surface area contributed by atoms with Gasteiger partial charge in [-0.05, 0) is 39.2 Å². The number of hydrogen-bond acceptors (Lipinski definition) is 6. The summed E-state index contributed by atoms with van der Waals surface area (Å²) in [5, 5.41) is 11.6. The quantitative estimate of drug-likeness (QED) is 0.925. The van der Waals surface area contributed by atoms with Crippen molar-refractivity contribution in [1.29, 1.82) is 0 Å². The summed E-state index contributed by atoms with van der Waals surface area (Å²) >= 11 is 1.74. The number of thiophene rings is 1. The zero-order valence-corrected chi connectivity index (χ0v) is 15.4. The molecule has 5 nitrogen and oxygen atoms in total. The van der Waals surface area contributed by atoms with Gasteiger partial charge < -0.3 is 14.7 Å². The van der Waals surface area contributed by atoms with Crippen molar-refractivity contribution >= 4 is 27.4 Å². The number of hydrogen-bond donors (Lipinski definition) is 1. The first-order valence-electron chi connectivity index (χ1n) is 8.82. The van der Waals surface area contributed by atoms with Crippen molar-refractivity contribution in [3.05, 3.63) is 16.8 Å². The highest BCUT2D eigenvalue weighted by molar-refractivity contribution is 7.18. The fourth-order valence-electron chi connectivity index (χ4n) is 4.36. The Labute approximate surface area is 146 Å². The van der Waals surface area contributed by atoms with Crippen molar-refractivity contribution in [2.75, 3.05) is 24.6 Å². The van der Waals surface area contributed by atoms with E-state index in [0.717, 1.165) is 49.6 Å². The Balaban J connectivity index is 1.59. The largest absolute Gasteiger partial charge is 0.392 e. The minimum absolute atomic E-state index is 0.0434. The fraction of sp³-hybridized carbons (Fsp3) is 0.667. The molecule has 130 valence electrons. The van der Waals surface area contributed by atoms with Crippen LogP contribution in [-0.4, -0.2) is 47.0 Å². The SMILES string of the molecule is CCOC1CC(O)C12CCN(c1ncnc3sc(C)c(C)c13)CC2. The van der Waals surface area contributed by atoms with Crippen LogP contribution in [0.2, 0.25) is 0 Å². The predicted molar refractivity (Wildman–Crippen MR) is 96.8 cm³/mol. The molecule has 1 saturated carbocycles. The summed E-state index contributed by atoms with van der Waals surface area (Å²) in [6.07, 6.45) is 4.40. The molecular weight excluding hydrogens is 322 g/mol. The maximum atomic E-state index is 10.4. The van der Waals surface area contributed by atoms with Gasteiger partial charge in [0, 0.05) is 36.4 Å². The summed E-state index contributed by atoms with van der Waals surface area (Å²) in [6, 6.07) is 0. The highest BCUT2D eigenvalue weighted by Gasteiger charge is 2.56. The standard InChI is InChI=1S/C18H25N3O2S/c1-4-23-14-9-13(22)18(14)5-7-21(8-6-18)16-15-11(2)12(3)24-17(15)20-10-19-16/h10,13-14,22H,4-9H2,1-3H3. The fourth-order valence-corrected chi connectivity index (χ4v) is 5.35. The lowest BCUT2D eigenvalue weighted by Gasteiger charge is -2.56. The van der Waals surface area contributed by atoms with E-state index in [1.807, 2.05) is 6.92 Å². The van der Waals surface area contributed by atoms with Crippen LogP contribution in [0.25, 0.3) is 10.2 Å². The molecule has 6 heteroatoms. The van der Waals surface area contributed by atoms with Crippen LogP contribution >= 0.6 is 11.3 Å². The van der Waals surface area contributed by atoms with E-state index >= 15 is 0 Å². The van der Waals surface area contributed by atoms with Crippen LogP contribution < -0.4 is 4.90 Å². The van der Waals surface area contributed by atoms with Crippen LogP contribution in [0, 0.1) is 19.3 Å². The number of aromatic nitrogens is 2. The van der Waals surface area contributed by atoms with Crippen LogP contribution in [0.3, 0.4) is 0 Å². The first-order valence-corrected chi connectivity index (χ1v) is 9.64. The molecule has 1 spiro atoms. The van der Waals surface area contributed by atoms with Gasteiger partial charge in [-0.15, -0.1) is 11.3 Å². The van der Waals surface area contributed by atoms with E-state index in [1.165, 1.54) is 15.8 Å². The lowest BCUT2D eigenvalue weighted by atomic mass is 9.58.